The topological polar surface area (TPSA) is 75.0 Å². The number of pyridine rings is 1. The van der Waals surface area contributed by atoms with E-state index in [1.54, 1.807) is 48.7 Å². The molecular weight excluding hydrogens is 242 g/mol. The third-order valence-electron chi connectivity index (χ3n) is 2.22. The highest BCUT2D eigenvalue weighted by Crippen LogP contribution is 2.22. The number of carbonyl (C=O) groups is 1. The van der Waals surface area contributed by atoms with E-state index >= 15 is 0 Å². The van der Waals surface area contributed by atoms with Gasteiger partial charge in [0.1, 0.15) is 12.2 Å². The number of aromatic nitrogens is 1. The van der Waals surface area contributed by atoms with E-state index in [9.17, 15) is 4.79 Å². The van der Waals surface area contributed by atoms with Crippen LogP contribution in [-0.2, 0) is 4.79 Å². The van der Waals surface area contributed by atoms with Gasteiger partial charge in [0.15, 0.2) is 0 Å². The van der Waals surface area contributed by atoms with Gasteiger partial charge in [-0.3, -0.25) is 4.79 Å². The summed E-state index contributed by atoms with van der Waals surface area (Å²) >= 11 is 0. The van der Waals surface area contributed by atoms with Crippen molar-refractivity contribution in [3.63, 3.8) is 0 Å². The number of rotatable bonds is 4. The Bertz CT molecular complexity index is 606. The van der Waals surface area contributed by atoms with Gasteiger partial charge in [-0.1, -0.05) is 12.1 Å². The molecular formula is C14H11N3O2. The van der Waals surface area contributed by atoms with Gasteiger partial charge in [-0.05, 0) is 18.2 Å². The Balaban J connectivity index is 2.07. The van der Waals surface area contributed by atoms with Gasteiger partial charge >= 0.3 is 0 Å². The molecule has 0 bridgehead atoms. The number of anilines is 1. The highest BCUT2D eigenvalue weighted by molar-refractivity contribution is 5.92. The van der Waals surface area contributed by atoms with Gasteiger partial charge in [-0.15, -0.1) is 0 Å². The van der Waals surface area contributed by atoms with Crippen LogP contribution >= 0.6 is 0 Å². The Hall–Kier alpha value is -2.87. The van der Waals surface area contributed by atoms with E-state index in [1.165, 1.54) is 0 Å². The molecule has 94 valence electrons. The molecule has 0 atom stereocenters. The summed E-state index contributed by atoms with van der Waals surface area (Å²) in [7, 11) is 0. The molecule has 0 saturated carbocycles. The molecule has 2 rings (SSSR count). The fraction of sp³-hybridized carbons (Fsp3) is 0.0714. The summed E-state index contributed by atoms with van der Waals surface area (Å²) in [6.45, 7) is 0. The van der Waals surface area contributed by atoms with Crippen molar-refractivity contribution >= 4 is 11.6 Å². The zero-order chi connectivity index (χ0) is 13.5. The Labute approximate surface area is 110 Å². The number of carbonyl (C=O) groups excluding carboxylic acids is 1. The van der Waals surface area contributed by atoms with Crippen molar-refractivity contribution in [3.8, 4) is 17.7 Å². The van der Waals surface area contributed by atoms with Crippen LogP contribution in [0.4, 0.5) is 5.69 Å². The molecule has 0 spiro atoms. The Kier molecular flexibility index (Phi) is 4.09. The van der Waals surface area contributed by atoms with Gasteiger partial charge in [0.2, 0.25) is 11.8 Å². The lowest BCUT2D eigenvalue weighted by atomic mass is 10.3. The highest BCUT2D eigenvalue weighted by Gasteiger charge is 2.03. The molecule has 1 amide bonds. The van der Waals surface area contributed by atoms with Gasteiger partial charge in [0, 0.05) is 24.0 Å². The minimum atomic E-state index is -0.350. The van der Waals surface area contributed by atoms with Crippen LogP contribution in [0.25, 0.3) is 0 Å². The van der Waals surface area contributed by atoms with Gasteiger partial charge in [0.05, 0.1) is 6.07 Å². The third kappa shape index (κ3) is 3.82. The molecule has 1 aromatic heterocycles. The van der Waals surface area contributed by atoms with Crippen LogP contribution in [-0.4, -0.2) is 10.9 Å². The van der Waals surface area contributed by atoms with E-state index in [-0.39, 0.29) is 12.3 Å². The average molecular weight is 253 g/mol. The SMILES string of the molecule is N#CCC(=O)Nc1cccc(Oc2ccccn2)c1. The molecule has 0 unspecified atom stereocenters. The number of nitriles is 1. The summed E-state index contributed by atoms with van der Waals surface area (Å²) in [6, 6.07) is 14.0. The first kappa shape index (κ1) is 12.6. The highest BCUT2D eigenvalue weighted by atomic mass is 16.5. The van der Waals surface area contributed by atoms with Crippen LogP contribution in [0.1, 0.15) is 6.42 Å². The van der Waals surface area contributed by atoms with Crippen molar-refractivity contribution < 1.29 is 9.53 Å². The zero-order valence-electron chi connectivity index (χ0n) is 10.0. The summed E-state index contributed by atoms with van der Waals surface area (Å²) < 4.78 is 5.53. The maximum absolute atomic E-state index is 11.3. The van der Waals surface area contributed by atoms with Crippen molar-refractivity contribution in [2.24, 2.45) is 0 Å². The van der Waals surface area contributed by atoms with Gasteiger partial charge in [0.25, 0.3) is 0 Å². The molecule has 0 saturated heterocycles. The number of nitrogens with zero attached hydrogens (tertiary/aromatic N) is 2. The molecule has 1 N–H and O–H groups in total. The van der Waals surface area contributed by atoms with Crippen LogP contribution in [0.3, 0.4) is 0 Å². The number of ether oxygens (including phenoxy) is 1. The van der Waals surface area contributed by atoms with E-state index in [0.29, 0.717) is 17.3 Å². The summed E-state index contributed by atoms with van der Waals surface area (Å²) in [4.78, 5) is 15.3. The number of hydrogen-bond donors (Lipinski definition) is 1. The minimum absolute atomic E-state index is 0.175. The second kappa shape index (κ2) is 6.17. The number of amides is 1. The van der Waals surface area contributed by atoms with Gasteiger partial charge in [-0.2, -0.15) is 5.26 Å². The first-order chi connectivity index (χ1) is 9.28. The molecule has 0 radical (unpaired) electrons. The van der Waals surface area contributed by atoms with Gasteiger partial charge in [-0.25, -0.2) is 4.98 Å². The molecule has 1 heterocycles. The molecule has 0 aliphatic rings. The quantitative estimate of drug-likeness (QED) is 0.909. The predicted molar refractivity (Wildman–Crippen MR) is 69.6 cm³/mol. The van der Waals surface area contributed by atoms with Crippen molar-refractivity contribution in [3.05, 3.63) is 48.7 Å². The first-order valence-corrected chi connectivity index (χ1v) is 5.63. The van der Waals surface area contributed by atoms with Crippen molar-refractivity contribution in [2.45, 2.75) is 6.42 Å². The van der Waals surface area contributed by atoms with Crippen LogP contribution < -0.4 is 10.1 Å². The smallest absolute Gasteiger partial charge is 0.238 e. The van der Waals surface area contributed by atoms with Crippen LogP contribution in [0.5, 0.6) is 11.6 Å². The van der Waals surface area contributed by atoms with E-state index in [0.717, 1.165) is 0 Å². The summed E-state index contributed by atoms with van der Waals surface area (Å²) in [5.74, 6) is 0.689. The molecule has 0 aliphatic heterocycles. The average Bonchev–Trinajstić information content (AvgIpc) is 2.40. The maximum Gasteiger partial charge on any atom is 0.238 e. The summed E-state index contributed by atoms with van der Waals surface area (Å²) in [6.07, 6.45) is 1.46. The van der Waals surface area contributed by atoms with Crippen LogP contribution in [0.15, 0.2) is 48.7 Å². The monoisotopic (exact) mass is 253 g/mol. The summed E-state index contributed by atoms with van der Waals surface area (Å²) in [5.41, 5.74) is 0.577. The fourth-order valence-corrected chi connectivity index (χ4v) is 1.44. The van der Waals surface area contributed by atoms with E-state index in [2.05, 4.69) is 10.3 Å². The van der Waals surface area contributed by atoms with Crippen molar-refractivity contribution in [2.75, 3.05) is 5.32 Å². The van der Waals surface area contributed by atoms with E-state index in [1.807, 2.05) is 6.07 Å². The molecule has 5 nitrogen and oxygen atoms in total. The largest absolute Gasteiger partial charge is 0.439 e. The second-order valence-corrected chi connectivity index (χ2v) is 3.68. The van der Waals surface area contributed by atoms with E-state index < -0.39 is 0 Å². The number of nitrogens with one attached hydrogen (secondary N) is 1. The molecule has 0 fully saturated rings. The number of hydrogen-bond acceptors (Lipinski definition) is 4. The summed E-state index contributed by atoms with van der Waals surface area (Å²) in [5, 5.41) is 11.0. The Morgan fingerprint density at radius 2 is 2.21 bits per heavy atom. The predicted octanol–water partition coefficient (Wildman–Crippen LogP) is 2.73. The molecule has 0 aliphatic carbocycles. The van der Waals surface area contributed by atoms with Crippen molar-refractivity contribution in [1.29, 1.82) is 5.26 Å². The first-order valence-electron chi connectivity index (χ1n) is 5.63. The lowest BCUT2D eigenvalue weighted by Crippen LogP contribution is -2.09. The number of benzene rings is 1. The van der Waals surface area contributed by atoms with Crippen molar-refractivity contribution in [1.82, 2.24) is 4.98 Å². The second-order valence-electron chi connectivity index (χ2n) is 3.68. The lowest BCUT2D eigenvalue weighted by Gasteiger charge is -2.07. The lowest BCUT2D eigenvalue weighted by molar-refractivity contribution is -0.115. The Morgan fingerprint density at radius 1 is 1.32 bits per heavy atom. The van der Waals surface area contributed by atoms with Gasteiger partial charge < -0.3 is 10.1 Å². The molecule has 5 heteroatoms. The van der Waals surface area contributed by atoms with Crippen LogP contribution in [0, 0.1) is 11.3 Å². The Morgan fingerprint density at radius 3 is 2.95 bits per heavy atom. The third-order valence-corrected chi connectivity index (χ3v) is 2.22. The molecule has 2 aromatic rings. The maximum atomic E-state index is 11.3. The molecule has 19 heavy (non-hydrogen) atoms. The zero-order valence-corrected chi connectivity index (χ0v) is 10.0. The normalized spacial score (nSPS) is 9.42. The van der Waals surface area contributed by atoms with Crippen LogP contribution in [0.2, 0.25) is 0 Å². The minimum Gasteiger partial charge on any atom is -0.439 e. The molecule has 1 aromatic carbocycles. The standard InChI is InChI=1S/C14H11N3O2/c15-8-7-13(18)17-11-4-3-5-12(10-11)19-14-6-1-2-9-16-14/h1-6,9-10H,7H2,(H,17,18). The van der Waals surface area contributed by atoms with E-state index in [4.69, 9.17) is 10.00 Å². The fourth-order valence-electron chi connectivity index (χ4n) is 1.44.